The van der Waals surface area contributed by atoms with Crippen LogP contribution in [0.5, 0.6) is 5.75 Å². The first-order valence-electron chi connectivity index (χ1n) is 10.2. The number of aliphatic imine (C=N–C) groups is 1. The SMILES string of the molecule is C=CCOc1ccccc1CNC(=NC)NCCCCN1CCCCC1C.I. The monoisotopic (exact) mass is 500 g/mol. The van der Waals surface area contributed by atoms with E-state index in [2.05, 4.69) is 40.1 Å². The first-order chi connectivity index (χ1) is 13.2. The highest BCUT2D eigenvalue weighted by Crippen LogP contribution is 2.18. The van der Waals surface area contributed by atoms with E-state index in [1.54, 1.807) is 6.08 Å². The van der Waals surface area contributed by atoms with Crippen LogP contribution in [0.2, 0.25) is 0 Å². The van der Waals surface area contributed by atoms with E-state index in [0.717, 1.165) is 36.3 Å². The van der Waals surface area contributed by atoms with Crippen LogP contribution in [0.15, 0.2) is 41.9 Å². The third-order valence-corrected chi connectivity index (χ3v) is 5.10. The van der Waals surface area contributed by atoms with Gasteiger partial charge in [-0.15, -0.1) is 24.0 Å². The van der Waals surface area contributed by atoms with E-state index in [1.807, 2.05) is 25.2 Å². The topological polar surface area (TPSA) is 48.9 Å². The van der Waals surface area contributed by atoms with E-state index < -0.39 is 0 Å². The van der Waals surface area contributed by atoms with Gasteiger partial charge in [0.25, 0.3) is 0 Å². The Morgan fingerprint density at radius 1 is 1.29 bits per heavy atom. The maximum Gasteiger partial charge on any atom is 0.191 e. The number of piperidine rings is 1. The van der Waals surface area contributed by atoms with Gasteiger partial charge in [0.2, 0.25) is 0 Å². The first-order valence-corrected chi connectivity index (χ1v) is 10.2. The number of guanidine groups is 1. The molecule has 5 nitrogen and oxygen atoms in total. The molecule has 1 saturated heterocycles. The van der Waals surface area contributed by atoms with Gasteiger partial charge in [-0.05, 0) is 51.8 Å². The number of hydrogen-bond donors (Lipinski definition) is 2. The number of ether oxygens (including phenoxy) is 1. The van der Waals surface area contributed by atoms with Crippen LogP contribution in [0.1, 0.15) is 44.6 Å². The van der Waals surface area contributed by atoms with Crippen molar-refractivity contribution in [3.05, 3.63) is 42.5 Å². The molecule has 1 aliphatic heterocycles. The van der Waals surface area contributed by atoms with Crippen molar-refractivity contribution in [2.45, 2.75) is 51.6 Å². The van der Waals surface area contributed by atoms with Gasteiger partial charge >= 0.3 is 0 Å². The predicted octanol–water partition coefficient (Wildman–Crippen LogP) is 4.19. The number of nitrogens with one attached hydrogen (secondary N) is 2. The first kappa shape index (κ1) is 24.8. The molecule has 1 heterocycles. The lowest BCUT2D eigenvalue weighted by molar-refractivity contribution is 0.158. The smallest absolute Gasteiger partial charge is 0.191 e. The lowest BCUT2D eigenvalue weighted by Crippen LogP contribution is -2.39. The summed E-state index contributed by atoms with van der Waals surface area (Å²) in [6.07, 6.45) is 8.25. The highest BCUT2D eigenvalue weighted by molar-refractivity contribution is 14.0. The van der Waals surface area contributed by atoms with Crippen molar-refractivity contribution in [1.82, 2.24) is 15.5 Å². The number of likely N-dealkylation sites (tertiary alicyclic amines) is 1. The van der Waals surface area contributed by atoms with Crippen molar-refractivity contribution in [3.63, 3.8) is 0 Å². The Hall–Kier alpha value is -1.28. The third-order valence-electron chi connectivity index (χ3n) is 5.10. The van der Waals surface area contributed by atoms with Crippen molar-refractivity contribution in [2.75, 3.05) is 33.3 Å². The second-order valence-corrected chi connectivity index (χ2v) is 7.15. The Kier molecular flexibility index (Phi) is 13.0. The van der Waals surface area contributed by atoms with E-state index >= 15 is 0 Å². The molecule has 0 aromatic heterocycles. The summed E-state index contributed by atoms with van der Waals surface area (Å²) in [6, 6.07) is 8.81. The average molecular weight is 500 g/mol. The summed E-state index contributed by atoms with van der Waals surface area (Å²) in [5.74, 6) is 1.72. The van der Waals surface area contributed by atoms with Gasteiger partial charge in [0.1, 0.15) is 12.4 Å². The molecule has 1 fully saturated rings. The molecule has 0 spiro atoms. The van der Waals surface area contributed by atoms with Crippen LogP contribution in [-0.4, -0.2) is 50.2 Å². The minimum absolute atomic E-state index is 0. The average Bonchev–Trinajstić information content (AvgIpc) is 2.70. The summed E-state index contributed by atoms with van der Waals surface area (Å²) >= 11 is 0. The fourth-order valence-electron chi connectivity index (χ4n) is 3.48. The summed E-state index contributed by atoms with van der Waals surface area (Å²) in [4.78, 5) is 6.96. The Balaban J connectivity index is 0.00000392. The Bertz CT molecular complexity index is 594. The fourth-order valence-corrected chi connectivity index (χ4v) is 3.48. The van der Waals surface area contributed by atoms with E-state index in [4.69, 9.17) is 4.74 Å². The van der Waals surface area contributed by atoms with Crippen LogP contribution in [0.3, 0.4) is 0 Å². The van der Waals surface area contributed by atoms with Gasteiger partial charge in [-0.3, -0.25) is 4.99 Å². The summed E-state index contributed by atoms with van der Waals surface area (Å²) < 4.78 is 5.71. The van der Waals surface area contributed by atoms with E-state index in [9.17, 15) is 0 Å². The van der Waals surface area contributed by atoms with Gasteiger partial charge in [0, 0.05) is 31.7 Å². The predicted molar refractivity (Wildman–Crippen MR) is 130 cm³/mol. The molecule has 1 aliphatic rings. The normalized spacial score (nSPS) is 17.5. The van der Waals surface area contributed by atoms with Crippen LogP contribution in [0, 0.1) is 0 Å². The standard InChI is InChI=1S/C22H36N4O.HI/c1-4-17-27-21-13-6-5-12-20(21)18-25-22(23-3)24-14-8-10-16-26-15-9-7-11-19(26)2;/h4-6,12-13,19H,1,7-11,14-18H2,2-3H3,(H2,23,24,25);1H. The number of unbranched alkanes of at least 4 members (excludes halogenated alkanes) is 1. The van der Waals surface area contributed by atoms with Gasteiger partial charge < -0.3 is 20.3 Å². The van der Waals surface area contributed by atoms with E-state index in [-0.39, 0.29) is 24.0 Å². The minimum atomic E-state index is 0. The van der Waals surface area contributed by atoms with Gasteiger partial charge in [-0.1, -0.05) is 37.3 Å². The second kappa shape index (κ2) is 14.7. The lowest BCUT2D eigenvalue weighted by Gasteiger charge is -2.33. The van der Waals surface area contributed by atoms with Crippen LogP contribution in [0.4, 0.5) is 0 Å². The molecule has 2 rings (SSSR count). The molecule has 6 heteroatoms. The van der Waals surface area contributed by atoms with Crippen molar-refractivity contribution in [2.24, 2.45) is 4.99 Å². The minimum Gasteiger partial charge on any atom is -0.489 e. The number of nitrogens with zero attached hydrogens (tertiary/aromatic N) is 2. The third kappa shape index (κ3) is 8.82. The highest BCUT2D eigenvalue weighted by atomic mass is 127. The largest absolute Gasteiger partial charge is 0.489 e. The molecule has 0 radical (unpaired) electrons. The van der Waals surface area contributed by atoms with Crippen molar-refractivity contribution < 1.29 is 4.74 Å². The maximum atomic E-state index is 5.71. The molecule has 0 amide bonds. The number of benzene rings is 1. The molecule has 1 unspecified atom stereocenters. The van der Waals surface area contributed by atoms with Gasteiger partial charge in [0.05, 0.1) is 0 Å². The van der Waals surface area contributed by atoms with Crippen molar-refractivity contribution in [3.8, 4) is 5.75 Å². The summed E-state index contributed by atoms with van der Waals surface area (Å²) in [5.41, 5.74) is 1.11. The summed E-state index contributed by atoms with van der Waals surface area (Å²) in [5, 5.41) is 6.79. The van der Waals surface area contributed by atoms with Gasteiger partial charge in [0.15, 0.2) is 5.96 Å². The molecule has 1 aromatic rings. The Morgan fingerprint density at radius 2 is 2.11 bits per heavy atom. The van der Waals surface area contributed by atoms with Crippen LogP contribution < -0.4 is 15.4 Å². The fraction of sp³-hybridized carbons (Fsp3) is 0.591. The molecule has 0 saturated carbocycles. The van der Waals surface area contributed by atoms with E-state index in [0.29, 0.717) is 13.2 Å². The highest BCUT2D eigenvalue weighted by Gasteiger charge is 2.16. The molecular weight excluding hydrogens is 463 g/mol. The maximum absolute atomic E-state index is 5.71. The molecular formula is C22H37IN4O. The number of hydrogen-bond acceptors (Lipinski definition) is 3. The van der Waals surface area contributed by atoms with Crippen LogP contribution in [-0.2, 0) is 6.54 Å². The molecule has 158 valence electrons. The van der Waals surface area contributed by atoms with Gasteiger partial charge in [-0.25, -0.2) is 0 Å². The summed E-state index contributed by atoms with van der Waals surface area (Å²) in [7, 11) is 1.81. The molecule has 28 heavy (non-hydrogen) atoms. The van der Waals surface area contributed by atoms with Crippen LogP contribution >= 0.6 is 24.0 Å². The molecule has 0 aliphatic carbocycles. The second-order valence-electron chi connectivity index (χ2n) is 7.15. The Morgan fingerprint density at radius 3 is 2.86 bits per heavy atom. The Labute approximate surface area is 188 Å². The molecule has 1 atom stereocenters. The van der Waals surface area contributed by atoms with Crippen molar-refractivity contribution in [1.29, 1.82) is 0 Å². The molecule has 0 bridgehead atoms. The zero-order valence-electron chi connectivity index (χ0n) is 17.5. The molecule has 2 N–H and O–H groups in total. The zero-order valence-corrected chi connectivity index (χ0v) is 19.8. The lowest BCUT2D eigenvalue weighted by atomic mass is 10.0. The zero-order chi connectivity index (χ0) is 19.3. The quantitative estimate of drug-likeness (QED) is 0.166. The summed E-state index contributed by atoms with van der Waals surface area (Å²) in [6.45, 7) is 10.7. The van der Waals surface area contributed by atoms with Crippen molar-refractivity contribution >= 4 is 29.9 Å². The molecule has 1 aromatic carbocycles. The van der Waals surface area contributed by atoms with E-state index in [1.165, 1.54) is 38.8 Å². The van der Waals surface area contributed by atoms with Gasteiger partial charge in [-0.2, -0.15) is 0 Å². The number of halogens is 1. The number of rotatable bonds is 10. The van der Waals surface area contributed by atoms with Crippen LogP contribution in [0.25, 0.3) is 0 Å². The number of para-hydroxylation sites is 1.